The molecule has 0 bridgehead atoms. The molecular weight excluding hydrogens is 204 g/mol. The molecule has 0 rings (SSSR count). The zero-order valence-corrected chi connectivity index (χ0v) is 11.1. The van der Waals surface area contributed by atoms with E-state index in [4.69, 9.17) is 5.11 Å². The topological polar surface area (TPSA) is 61.4 Å². The van der Waals surface area contributed by atoms with Gasteiger partial charge in [-0.15, -0.1) is 0 Å². The van der Waals surface area contributed by atoms with Gasteiger partial charge in [0.05, 0.1) is 0 Å². The van der Waals surface area contributed by atoms with Crippen molar-refractivity contribution in [3.8, 4) is 0 Å². The lowest BCUT2D eigenvalue weighted by molar-refractivity contribution is 0.172. The van der Waals surface area contributed by atoms with E-state index in [9.17, 15) is 4.79 Å². The number of carboxylic acid groups (broad SMARTS) is 1. The number of nitrogens with one attached hydrogen (secondary N) is 2. The van der Waals surface area contributed by atoms with Gasteiger partial charge in [-0.05, 0) is 18.3 Å². The van der Waals surface area contributed by atoms with Gasteiger partial charge in [-0.25, -0.2) is 4.79 Å². The summed E-state index contributed by atoms with van der Waals surface area (Å²) in [6.45, 7) is 11.1. The van der Waals surface area contributed by atoms with Gasteiger partial charge in [0.2, 0.25) is 0 Å². The molecular formula is C12H26N2O2. The van der Waals surface area contributed by atoms with Gasteiger partial charge < -0.3 is 15.7 Å². The fourth-order valence-corrected chi connectivity index (χ4v) is 1.58. The smallest absolute Gasteiger partial charge is 0.404 e. The molecule has 4 nitrogen and oxygen atoms in total. The zero-order chi connectivity index (χ0) is 12.8. The molecule has 0 spiro atoms. The highest BCUT2D eigenvalue weighted by molar-refractivity contribution is 5.65. The molecule has 0 fully saturated rings. The number of hydrogen-bond acceptors (Lipinski definition) is 2. The molecule has 16 heavy (non-hydrogen) atoms. The Bertz CT molecular complexity index is 208. The number of rotatable bonds is 6. The van der Waals surface area contributed by atoms with Crippen LogP contribution in [0.1, 0.15) is 47.5 Å². The maximum Gasteiger partial charge on any atom is 0.404 e. The molecule has 0 heterocycles. The third-order valence-electron chi connectivity index (χ3n) is 2.94. The van der Waals surface area contributed by atoms with E-state index in [1.807, 2.05) is 20.8 Å². The molecule has 1 unspecified atom stereocenters. The minimum atomic E-state index is -0.953. The molecule has 1 amide bonds. The monoisotopic (exact) mass is 230 g/mol. The lowest BCUT2D eigenvalue weighted by Gasteiger charge is -2.32. The van der Waals surface area contributed by atoms with Gasteiger partial charge in [-0.3, -0.25) is 0 Å². The van der Waals surface area contributed by atoms with E-state index in [0.29, 0.717) is 12.6 Å². The number of carbonyl (C=O) groups is 1. The van der Waals surface area contributed by atoms with E-state index >= 15 is 0 Å². The summed E-state index contributed by atoms with van der Waals surface area (Å²) in [5.41, 5.74) is -0.0720. The predicted octanol–water partition coefficient (Wildman–Crippen LogP) is 2.45. The van der Waals surface area contributed by atoms with Crippen molar-refractivity contribution < 1.29 is 9.90 Å². The van der Waals surface area contributed by atoms with Gasteiger partial charge in [-0.2, -0.15) is 0 Å². The van der Waals surface area contributed by atoms with E-state index in [1.54, 1.807) is 0 Å². The first-order valence-corrected chi connectivity index (χ1v) is 6.04. The van der Waals surface area contributed by atoms with Crippen LogP contribution in [0, 0.1) is 5.41 Å². The molecule has 0 aliphatic rings. The fraction of sp³-hybridized carbons (Fsp3) is 0.917. The lowest BCUT2D eigenvalue weighted by Crippen LogP contribution is -2.50. The second kappa shape index (κ2) is 6.74. The normalized spacial score (nSPS) is 13.9. The van der Waals surface area contributed by atoms with Crippen molar-refractivity contribution in [3.63, 3.8) is 0 Å². The molecule has 0 aromatic carbocycles. The third-order valence-corrected chi connectivity index (χ3v) is 2.94. The second-order valence-electron chi connectivity index (χ2n) is 5.29. The van der Waals surface area contributed by atoms with Crippen molar-refractivity contribution in [1.82, 2.24) is 10.6 Å². The maximum atomic E-state index is 10.7. The van der Waals surface area contributed by atoms with Crippen LogP contribution in [0.15, 0.2) is 0 Å². The van der Waals surface area contributed by atoms with Crippen LogP contribution < -0.4 is 10.6 Å². The average molecular weight is 230 g/mol. The summed E-state index contributed by atoms with van der Waals surface area (Å²) >= 11 is 0. The van der Waals surface area contributed by atoms with Crippen LogP contribution in [-0.2, 0) is 0 Å². The van der Waals surface area contributed by atoms with Gasteiger partial charge in [0.15, 0.2) is 0 Å². The average Bonchev–Trinajstić information content (AvgIpc) is 2.15. The van der Waals surface area contributed by atoms with E-state index in [2.05, 4.69) is 24.5 Å². The van der Waals surface area contributed by atoms with Gasteiger partial charge >= 0.3 is 6.09 Å². The molecule has 0 aliphatic carbocycles. The largest absolute Gasteiger partial charge is 0.465 e. The SMILES string of the molecule is CCC(CC)NCC(NC(=O)O)C(C)(C)C. The quantitative estimate of drug-likeness (QED) is 0.657. The summed E-state index contributed by atoms with van der Waals surface area (Å²) in [5.74, 6) is 0. The lowest BCUT2D eigenvalue weighted by atomic mass is 9.86. The van der Waals surface area contributed by atoms with Gasteiger partial charge in [0.1, 0.15) is 0 Å². The highest BCUT2D eigenvalue weighted by Crippen LogP contribution is 2.18. The van der Waals surface area contributed by atoms with E-state index in [-0.39, 0.29) is 11.5 Å². The summed E-state index contributed by atoms with van der Waals surface area (Å²) in [4.78, 5) is 10.7. The Morgan fingerprint density at radius 2 is 1.75 bits per heavy atom. The van der Waals surface area contributed by atoms with Crippen molar-refractivity contribution in [2.45, 2.75) is 59.5 Å². The van der Waals surface area contributed by atoms with E-state index in [0.717, 1.165) is 12.8 Å². The summed E-state index contributed by atoms with van der Waals surface area (Å²) in [6.07, 6.45) is 1.19. The van der Waals surface area contributed by atoms with Crippen LogP contribution in [0.2, 0.25) is 0 Å². The van der Waals surface area contributed by atoms with Crippen molar-refractivity contribution in [1.29, 1.82) is 0 Å². The molecule has 96 valence electrons. The fourth-order valence-electron chi connectivity index (χ4n) is 1.58. The molecule has 0 aliphatic heterocycles. The van der Waals surface area contributed by atoms with Crippen LogP contribution in [-0.4, -0.2) is 29.8 Å². The Balaban J connectivity index is 4.27. The number of amides is 1. The molecule has 0 radical (unpaired) electrons. The predicted molar refractivity (Wildman–Crippen MR) is 66.8 cm³/mol. The summed E-state index contributed by atoms with van der Waals surface area (Å²) in [5, 5.41) is 14.8. The third kappa shape index (κ3) is 5.95. The molecule has 0 saturated heterocycles. The van der Waals surface area contributed by atoms with Crippen LogP contribution in [0.3, 0.4) is 0 Å². The van der Waals surface area contributed by atoms with Crippen molar-refractivity contribution >= 4 is 6.09 Å². The summed E-state index contributed by atoms with van der Waals surface area (Å²) < 4.78 is 0. The van der Waals surface area contributed by atoms with Crippen molar-refractivity contribution in [3.05, 3.63) is 0 Å². The van der Waals surface area contributed by atoms with Crippen LogP contribution in [0.4, 0.5) is 4.79 Å². The molecule has 0 aromatic heterocycles. The zero-order valence-electron chi connectivity index (χ0n) is 11.1. The Morgan fingerprint density at radius 1 is 1.25 bits per heavy atom. The van der Waals surface area contributed by atoms with E-state index < -0.39 is 6.09 Å². The van der Waals surface area contributed by atoms with E-state index in [1.165, 1.54) is 0 Å². The van der Waals surface area contributed by atoms with Gasteiger partial charge in [0, 0.05) is 18.6 Å². The van der Waals surface area contributed by atoms with Crippen molar-refractivity contribution in [2.75, 3.05) is 6.54 Å². The van der Waals surface area contributed by atoms with Crippen LogP contribution in [0.25, 0.3) is 0 Å². The first-order valence-electron chi connectivity index (χ1n) is 6.04. The van der Waals surface area contributed by atoms with Gasteiger partial charge in [0.25, 0.3) is 0 Å². The van der Waals surface area contributed by atoms with Gasteiger partial charge in [-0.1, -0.05) is 34.6 Å². The van der Waals surface area contributed by atoms with Crippen LogP contribution >= 0.6 is 0 Å². The summed E-state index contributed by atoms with van der Waals surface area (Å²) in [7, 11) is 0. The Labute approximate surface area is 98.8 Å². The molecule has 3 N–H and O–H groups in total. The highest BCUT2D eigenvalue weighted by atomic mass is 16.4. The molecule has 0 aromatic rings. The first kappa shape index (κ1) is 15.2. The minimum absolute atomic E-state index is 0.0643. The minimum Gasteiger partial charge on any atom is -0.465 e. The maximum absolute atomic E-state index is 10.7. The number of hydrogen-bond donors (Lipinski definition) is 3. The summed E-state index contributed by atoms with van der Waals surface area (Å²) in [6, 6.07) is 0.408. The second-order valence-corrected chi connectivity index (χ2v) is 5.29. The Hall–Kier alpha value is -0.770. The molecule has 4 heteroatoms. The van der Waals surface area contributed by atoms with Crippen LogP contribution in [0.5, 0.6) is 0 Å². The first-order chi connectivity index (χ1) is 7.31. The van der Waals surface area contributed by atoms with Crippen molar-refractivity contribution in [2.24, 2.45) is 5.41 Å². The molecule has 0 saturated carbocycles. The molecule has 1 atom stereocenters. The highest BCUT2D eigenvalue weighted by Gasteiger charge is 2.26. The standard InChI is InChI=1S/C12H26N2O2/c1-6-9(7-2)13-8-10(12(3,4)5)14-11(15)16/h9-10,13-14H,6-8H2,1-5H3,(H,15,16). The Morgan fingerprint density at radius 3 is 2.06 bits per heavy atom. The Kier molecular flexibility index (Phi) is 6.41.